The van der Waals surface area contributed by atoms with Gasteiger partial charge in [-0.25, -0.2) is 5.84 Å². The van der Waals surface area contributed by atoms with Crippen LogP contribution in [0.15, 0.2) is 10.5 Å². The Kier molecular flexibility index (Phi) is 5.72. The van der Waals surface area contributed by atoms with Gasteiger partial charge < -0.3 is 10.2 Å². The molecule has 1 aromatic heterocycles. The van der Waals surface area contributed by atoms with Crippen LogP contribution >= 0.6 is 0 Å². The molecule has 7 nitrogen and oxygen atoms in total. The first-order valence-corrected chi connectivity index (χ1v) is 6.44. The monoisotopic (exact) mass is 282 g/mol. The van der Waals surface area contributed by atoms with Crippen LogP contribution in [0, 0.1) is 12.8 Å². The molecule has 0 fully saturated rings. The summed E-state index contributed by atoms with van der Waals surface area (Å²) < 4.78 is 5.47. The zero-order valence-electron chi connectivity index (χ0n) is 12.1. The van der Waals surface area contributed by atoms with E-state index in [0.29, 0.717) is 30.3 Å². The smallest absolute Gasteiger partial charge is 0.301 e. The number of amides is 2. The predicted molar refractivity (Wildman–Crippen MR) is 74.4 cm³/mol. The van der Waals surface area contributed by atoms with Crippen LogP contribution in [-0.2, 0) is 11.3 Å². The Morgan fingerprint density at radius 1 is 1.45 bits per heavy atom. The highest BCUT2D eigenvalue weighted by atomic mass is 16.4. The van der Waals surface area contributed by atoms with Gasteiger partial charge in [-0.15, -0.1) is 0 Å². The molecule has 2 amide bonds. The van der Waals surface area contributed by atoms with Gasteiger partial charge in [0.15, 0.2) is 5.76 Å². The standard InChI is InChI=1S/C13H22N4O3/c1-8(2)5-17(7-11(14)18)6-10-4-9(3)12(20-10)13(19)16-15/h4,8H,5-7,15H2,1-3H3,(H2,14,18)(H,16,19). The molecule has 0 saturated heterocycles. The minimum Gasteiger partial charge on any atom is -0.454 e. The van der Waals surface area contributed by atoms with Crippen LogP contribution in [0.5, 0.6) is 0 Å². The van der Waals surface area contributed by atoms with Crippen molar-refractivity contribution in [3.05, 3.63) is 23.2 Å². The molecule has 0 bridgehead atoms. The number of hydrogen-bond acceptors (Lipinski definition) is 5. The second-order valence-corrected chi connectivity index (χ2v) is 5.23. The van der Waals surface area contributed by atoms with Gasteiger partial charge in [-0.1, -0.05) is 13.8 Å². The number of aryl methyl sites for hydroxylation is 1. The van der Waals surface area contributed by atoms with Crippen molar-refractivity contribution in [1.82, 2.24) is 10.3 Å². The van der Waals surface area contributed by atoms with Crippen molar-refractivity contribution in [3.63, 3.8) is 0 Å². The fourth-order valence-corrected chi connectivity index (χ4v) is 2.06. The van der Waals surface area contributed by atoms with E-state index in [0.717, 1.165) is 0 Å². The Bertz CT molecular complexity index is 482. The molecule has 0 aromatic carbocycles. The topological polar surface area (TPSA) is 115 Å². The van der Waals surface area contributed by atoms with Crippen molar-refractivity contribution in [2.75, 3.05) is 13.1 Å². The maximum absolute atomic E-state index is 11.5. The summed E-state index contributed by atoms with van der Waals surface area (Å²) in [6.45, 7) is 7.14. The zero-order chi connectivity index (χ0) is 15.3. The molecule has 7 heteroatoms. The SMILES string of the molecule is Cc1cc(CN(CC(N)=O)CC(C)C)oc1C(=O)NN. The summed E-state index contributed by atoms with van der Waals surface area (Å²) in [7, 11) is 0. The summed E-state index contributed by atoms with van der Waals surface area (Å²) in [4.78, 5) is 24.4. The number of furan rings is 1. The van der Waals surface area contributed by atoms with Crippen molar-refractivity contribution in [2.24, 2.45) is 17.5 Å². The Labute approximate surface area is 118 Å². The largest absolute Gasteiger partial charge is 0.454 e. The Hall–Kier alpha value is -1.86. The molecule has 5 N–H and O–H groups in total. The van der Waals surface area contributed by atoms with Gasteiger partial charge >= 0.3 is 5.91 Å². The number of carbonyl (C=O) groups is 2. The summed E-state index contributed by atoms with van der Waals surface area (Å²) in [6, 6.07) is 1.76. The normalized spacial score (nSPS) is 11.1. The maximum atomic E-state index is 11.5. The highest BCUT2D eigenvalue weighted by molar-refractivity contribution is 5.92. The van der Waals surface area contributed by atoms with Crippen LogP contribution < -0.4 is 17.0 Å². The van der Waals surface area contributed by atoms with Crippen LogP contribution in [0.25, 0.3) is 0 Å². The summed E-state index contributed by atoms with van der Waals surface area (Å²) >= 11 is 0. The average Bonchev–Trinajstić information content (AvgIpc) is 2.67. The van der Waals surface area contributed by atoms with Crippen molar-refractivity contribution in [2.45, 2.75) is 27.3 Å². The number of primary amides is 1. The van der Waals surface area contributed by atoms with Gasteiger partial charge in [-0.05, 0) is 18.9 Å². The van der Waals surface area contributed by atoms with Gasteiger partial charge in [-0.2, -0.15) is 0 Å². The summed E-state index contributed by atoms with van der Waals surface area (Å²) in [6.07, 6.45) is 0. The van der Waals surface area contributed by atoms with E-state index in [1.54, 1.807) is 13.0 Å². The molecule has 20 heavy (non-hydrogen) atoms. The molecule has 0 aliphatic rings. The highest BCUT2D eigenvalue weighted by Crippen LogP contribution is 2.16. The van der Waals surface area contributed by atoms with Crippen LogP contribution in [0.2, 0.25) is 0 Å². The molecule has 112 valence electrons. The van der Waals surface area contributed by atoms with Gasteiger partial charge in [0.2, 0.25) is 5.91 Å². The second kappa shape index (κ2) is 7.06. The Morgan fingerprint density at radius 2 is 2.10 bits per heavy atom. The van der Waals surface area contributed by atoms with Gasteiger partial charge in [0.25, 0.3) is 0 Å². The highest BCUT2D eigenvalue weighted by Gasteiger charge is 2.18. The van der Waals surface area contributed by atoms with E-state index < -0.39 is 11.8 Å². The molecule has 0 atom stereocenters. The van der Waals surface area contributed by atoms with Crippen molar-refractivity contribution < 1.29 is 14.0 Å². The number of carbonyl (C=O) groups excluding carboxylic acids is 2. The van der Waals surface area contributed by atoms with E-state index in [4.69, 9.17) is 16.0 Å². The van der Waals surface area contributed by atoms with Gasteiger partial charge in [0.05, 0.1) is 13.1 Å². The second-order valence-electron chi connectivity index (χ2n) is 5.23. The van der Waals surface area contributed by atoms with Crippen molar-refractivity contribution >= 4 is 11.8 Å². The fraction of sp³-hybridized carbons (Fsp3) is 0.538. The molecule has 1 heterocycles. The lowest BCUT2D eigenvalue weighted by molar-refractivity contribution is -0.119. The summed E-state index contributed by atoms with van der Waals surface area (Å²) in [5.74, 6) is 5.39. The van der Waals surface area contributed by atoms with E-state index in [2.05, 4.69) is 13.8 Å². The predicted octanol–water partition coefficient (Wildman–Crippen LogP) is 0.135. The molecule has 0 aliphatic heterocycles. The third kappa shape index (κ3) is 4.67. The number of nitrogens with one attached hydrogen (secondary N) is 1. The Balaban J connectivity index is 2.82. The molecule has 0 spiro atoms. The minimum atomic E-state index is -0.473. The zero-order valence-corrected chi connectivity index (χ0v) is 12.1. The molecular weight excluding hydrogens is 260 g/mol. The van der Waals surface area contributed by atoms with Gasteiger partial charge in [0.1, 0.15) is 5.76 Å². The molecule has 0 saturated carbocycles. The van der Waals surface area contributed by atoms with Crippen LogP contribution in [0.1, 0.15) is 35.7 Å². The van der Waals surface area contributed by atoms with E-state index in [1.165, 1.54) is 0 Å². The van der Waals surface area contributed by atoms with Gasteiger partial charge in [-0.3, -0.25) is 19.9 Å². The molecule has 0 unspecified atom stereocenters. The third-order valence-electron chi connectivity index (χ3n) is 2.69. The number of hydrogen-bond donors (Lipinski definition) is 3. The van der Waals surface area contributed by atoms with Crippen molar-refractivity contribution in [1.29, 1.82) is 0 Å². The average molecular weight is 282 g/mol. The molecule has 1 rings (SSSR count). The first kappa shape index (κ1) is 16.2. The lowest BCUT2D eigenvalue weighted by atomic mass is 10.2. The van der Waals surface area contributed by atoms with E-state index in [1.807, 2.05) is 10.3 Å². The number of nitrogen functional groups attached to an aromatic ring is 1. The number of rotatable bonds is 7. The maximum Gasteiger partial charge on any atom is 0.301 e. The molecule has 0 radical (unpaired) electrons. The van der Waals surface area contributed by atoms with Gasteiger partial charge in [0, 0.05) is 12.1 Å². The first-order valence-electron chi connectivity index (χ1n) is 6.44. The summed E-state index contributed by atoms with van der Waals surface area (Å²) in [5.41, 5.74) is 7.97. The van der Waals surface area contributed by atoms with Crippen LogP contribution in [0.3, 0.4) is 0 Å². The fourth-order valence-electron chi connectivity index (χ4n) is 2.06. The number of hydrazine groups is 1. The van der Waals surface area contributed by atoms with Crippen molar-refractivity contribution in [3.8, 4) is 0 Å². The number of nitrogens with zero attached hydrogens (tertiary/aromatic N) is 1. The third-order valence-corrected chi connectivity index (χ3v) is 2.69. The van der Waals surface area contributed by atoms with E-state index in [-0.39, 0.29) is 12.3 Å². The molecule has 0 aliphatic carbocycles. The first-order chi connectivity index (χ1) is 9.33. The molecular formula is C13H22N4O3. The lowest BCUT2D eigenvalue weighted by Gasteiger charge is -2.21. The number of nitrogens with two attached hydrogens (primary N) is 2. The van der Waals surface area contributed by atoms with Crippen LogP contribution in [-0.4, -0.2) is 29.8 Å². The lowest BCUT2D eigenvalue weighted by Crippen LogP contribution is -2.35. The van der Waals surface area contributed by atoms with Crippen LogP contribution in [0.4, 0.5) is 0 Å². The van der Waals surface area contributed by atoms with E-state index in [9.17, 15) is 9.59 Å². The van der Waals surface area contributed by atoms with E-state index >= 15 is 0 Å². The minimum absolute atomic E-state index is 0.149. The quantitative estimate of drug-likeness (QED) is 0.374. The Morgan fingerprint density at radius 3 is 2.60 bits per heavy atom. The molecule has 1 aromatic rings. The summed E-state index contributed by atoms with van der Waals surface area (Å²) in [5, 5.41) is 0.